The Bertz CT molecular complexity index is 491. The molecule has 0 aromatic carbocycles. The molecule has 21 heavy (non-hydrogen) atoms. The van der Waals surface area contributed by atoms with Gasteiger partial charge < -0.3 is 10.6 Å². The Kier molecular flexibility index (Phi) is 6.04. The van der Waals surface area contributed by atoms with Crippen LogP contribution in [-0.2, 0) is 13.6 Å². The first kappa shape index (κ1) is 17.3. The Morgan fingerprint density at radius 3 is 2.43 bits per heavy atom. The molecule has 0 spiro atoms. The summed E-state index contributed by atoms with van der Waals surface area (Å²) in [5.41, 5.74) is 2.87. The van der Waals surface area contributed by atoms with Crippen LogP contribution in [0.15, 0.2) is 4.99 Å². The van der Waals surface area contributed by atoms with Gasteiger partial charge in [0.15, 0.2) is 5.96 Å². The van der Waals surface area contributed by atoms with Crippen LogP contribution in [-0.4, -0.2) is 35.0 Å². The van der Waals surface area contributed by atoms with Gasteiger partial charge in [0.2, 0.25) is 0 Å². The normalized spacial score (nSPS) is 12.6. The Labute approximate surface area is 122 Å². The van der Waals surface area contributed by atoms with Crippen molar-refractivity contribution >= 4 is 5.96 Å². The summed E-state index contributed by atoms with van der Waals surface area (Å²) in [5.74, 6) is 0.379. The van der Waals surface area contributed by atoms with Crippen LogP contribution in [0.4, 0.5) is 13.2 Å². The van der Waals surface area contributed by atoms with Crippen LogP contribution < -0.4 is 10.6 Å². The second-order valence-corrected chi connectivity index (χ2v) is 4.76. The standard InChI is InChI=1S/C13H22F3N5/c1-5-17-12(18-7-6-13(14,15)16)19-8-11-9(2)20-21(4)10(11)3/h5-8H2,1-4H3,(H2,17,18,19). The lowest BCUT2D eigenvalue weighted by Gasteiger charge is -2.12. The third-order valence-electron chi connectivity index (χ3n) is 3.10. The molecule has 0 fully saturated rings. The molecule has 1 heterocycles. The van der Waals surface area contributed by atoms with Crippen molar-refractivity contribution in [1.29, 1.82) is 0 Å². The van der Waals surface area contributed by atoms with Crippen molar-refractivity contribution in [3.63, 3.8) is 0 Å². The van der Waals surface area contributed by atoms with E-state index in [-0.39, 0.29) is 6.54 Å². The zero-order valence-corrected chi connectivity index (χ0v) is 12.8. The summed E-state index contributed by atoms with van der Waals surface area (Å²) >= 11 is 0. The van der Waals surface area contributed by atoms with Gasteiger partial charge >= 0.3 is 6.18 Å². The molecule has 0 radical (unpaired) electrons. The molecule has 0 atom stereocenters. The molecule has 2 N–H and O–H groups in total. The Morgan fingerprint density at radius 2 is 1.95 bits per heavy atom. The molecule has 0 aliphatic carbocycles. The predicted octanol–water partition coefficient (Wildman–Crippen LogP) is 2.04. The Balaban J connectivity index is 2.67. The summed E-state index contributed by atoms with van der Waals surface area (Å²) in [4.78, 5) is 4.31. The third kappa shape index (κ3) is 5.65. The molecule has 0 amide bonds. The number of alkyl halides is 3. The lowest BCUT2D eigenvalue weighted by atomic mass is 10.2. The average molecular weight is 305 g/mol. The van der Waals surface area contributed by atoms with Gasteiger partial charge in [-0.05, 0) is 20.8 Å². The van der Waals surface area contributed by atoms with E-state index in [4.69, 9.17) is 0 Å². The van der Waals surface area contributed by atoms with E-state index < -0.39 is 12.6 Å². The number of hydrogen-bond donors (Lipinski definition) is 2. The van der Waals surface area contributed by atoms with Gasteiger partial charge in [-0.25, -0.2) is 4.99 Å². The number of nitrogens with zero attached hydrogens (tertiary/aromatic N) is 3. The summed E-state index contributed by atoms with van der Waals surface area (Å²) in [7, 11) is 1.85. The van der Waals surface area contributed by atoms with Crippen LogP contribution in [0.5, 0.6) is 0 Å². The summed E-state index contributed by atoms with van der Waals surface area (Å²) in [6, 6.07) is 0. The molecule has 8 heteroatoms. The first-order valence-electron chi connectivity index (χ1n) is 6.82. The van der Waals surface area contributed by atoms with Crippen LogP contribution >= 0.6 is 0 Å². The average Bonchev–Trinajstić information content (AvgIpc) is 2.59. The SMILES string of the molecule is CCNC(=NCc1c(C)nn(C)c1C)NCCC(F)(F)F. The molecule has 0 saturated carbocycles. The van der Waals surface area contributed by atoms with Gasteiger partial charge in [0.1, 0.15) is 0 Å². The number of rotatable bonds is 5. The van der Waals surface area contributed by atoms with Gasteiger partial charge in [0.25, 0.3) is 0 Å². The molecule has 1 aromatic rings. The van der Waals surface area contributed by atoms with Gasteiger partial charge in [0.05, 0.1) is 18.7 Å². The highest BCUT2D eigenvalue weighted by Crippen LogP contribution is 2.18. The summed E-state index contributed by atoms with van der Waals surface area (Å²) < 4.78 is 38.2. The lowest BCUT2D eigenvalue weighted by Crippen LogP contribution is -2.38. The summed E-state index contributed by atoms with van der Waals surface area (Å²) in [5, 5.41) is 9.90. The molecule has 5 nitrogen and oxygen atoms in total. The quantitative estimate of drug-likeness (QED) is 0.646. The summed E-state index contributed by atoms with van der Waals surface area (Å²) in [6.07, 6.45) is -5.05. The minimum atomic E-state index is -4.17. The molecular formula is C13H22F3N5. The zero-order valence-electron chi connectivity index (χ0n) is 12.8. The van der Waals surface area contributed by atoms with Crippen molar-refractivity contribution in [3.8, 4) is 0 Å². The number of aromatic nitrogens is 2. The van der Waals surface area contributed by atoms with Crippen molar-refractivity contribution in [2.24, 2.45) is 12.0 Å². The van der Waals surface area contributed by atoms with Crippen LogP contribution in [0.2, 0.25) is 0 Å². The number of hydrogen-bond acceptors (Lipinski definition) is 2. The largest absolute Gasteiger partial charge is 0.390 e. The maximum absolute atomic E-state index is 12.1. The van der Waals surface area contributed by atoms with E-state index in [1.54, 1.807) is 4.68 Å². The number of nitrogens with one attached hydrogen (secondary N) is 2. The van der Waals surface area contributed by atoms with Crippen LogP contribution in [0.1, 0.15) is 30.3 Å². The summed E-state index contributed by atoms with van der Waals surface area (Å²) in [6.45, 7) is 6.47. The predicted molar refractivity (Wildman–Crippen MR) is 76.2 cm³/mol. The Morgan fingerprint density at radius 1 is 1.29 bits per heavy atom. The molecule has 0 bridgehead atoms. The van der Waals surface area contributed by atoms with E-state index in [0.29, 0.717) is 19.0 Å². The fraction of sp³-hybridized carbons (Fsp3) is 0.692. The highest BCUT2D eigenvalue weighted by Gasteiger charge is 2.26. The highest BCUT2D eigenvalue weighted by molar-refractivity contribution is 5.79. The van der Waals surface area contributed by atoms with E-state index in [2.05, 4.69) is 20.7 Å². The van der Waals surface area contributed by atoms with Crippen molar-refractivity contribution in [2.75, 3.05) is 13.1 Å². The van der Waals surface area contributed by atoms with E-state index in [9.17, 15) is 13.2 Å². The zero-order chi connectivity index (χ0) is 16.0. The minimum Gasteiger partial charge on any atom is -0.357 e. The van der Waals surface area contributed by atoms with Gasteiger partial charge in [-0.2, -0.15) is 18.3 Å². The first-order valence-corrected chi connectivity index (χ1v) is 6.82. The van der Waals surface area contributed by atoms with Gasteiger partial charge in [-0.1, -0.05) is 0 Å². The molecule has 0 aliphatic heterocycles. The third-order valence-corrected chi connectivity index (χ3v) is 3.10. The van der Waals surface area contributed by atoms with Crippen LogP contribution in [0, 0.1) is 13.8 Å². The molecule has 0 unspecified atom stereocenters. The molecule has 1 rings (SSSR count). The van der Waals surface area contributed by atoms with Crippen LogP contribution in [0.25, 0.3) is 0 Å². The van der Waals surface area contributed by atoms with Gasteiger partial charge in [0, 0.05) is 31.4 Å². The van der Waals surface area contributed by atoms with Gasteiger partial charge in [-0.15, -0.1) is 0 Å². The smallest absolute Gasteiger partial charge is 0.357 e. The number of aryl methyl sites for hydroxylation is 2. The first-order chi connectivity index (χ1) is 9.74. The Hall–Kier alpha value is -1.73. The minimum absolute atomic E-state index is 0.194. The fourth-order valence-electron chi connectivity index (χ4n) is 1.87. The van der Waals surface area contributed by atoms with E-state index in [1.165, 1.54) is 0 Å². The van der Waals surface area contributed by atoms with E-state index in [1.807, 2.05) is 27.8 Å². The molecular weight excluding hydrogens is 283 g/mol. The van der Waals surface area contributed by atoms with E-state index in [0.717, 1.165) is 17.0 Å². The fourth-order valence-corrected chi connectivity index (χ4v) is 1.87. The lowest BCUT2D eigenvalue weighted by molar-refractivity contribution is -0.132. The number of halogens is 3. The number of aliphatic imine (C=N–C) groups is 1. The molecule has 0 saturated heterocycles. The van der Waals surface area contributed by atoms with E-state index >= 15 is 0 Å². The van der Waals surface area contributed by atoms with Crippen molar-refractivity contribution < 1.29 is 13.2 Å². The highest BCUT2D eigenvalue weighted by atomic mass is 19.4. The number of guanidine groups is 1. The van der Waals surface area contributed by atoms with Crippen molar-refractivity contribution in [1.82, 2.24) is 20.4 Å². The molecule has 1 aromatic heterocycles. The molecule has 120 valence electrons. The molecule has 0 aliphatic rings. The topological polar surface area (TPSA) is 54.2 Å². The monoisotopic (exact) mass is 305 g/mol. The van der Waals surface area contributed by atoms with Gasteiger partial charge in [-0.3, -0.25) is 4.68 Å². The second kappa shape index (κ2) is 7.33. The van der Waals surface area contributed by atoms with Crippen molar-refractivity contribution in [2.45, 2.75) is 39.9 Å². The maximum atomic E-state index is 12.1. The van der Waals surface area contributed by atoms with Crippen molar-refractivity contribution in [3.05, 3.63) is 17.0 Å². The maximum Gasteiger partial charge on any atom is 0.390 e. The second-order valence-electron chi connectivity index (χ2n) is 4.76. The van der Waals surface area contributed by atoms with Crippen LogP contribution in [0.3, 0.4) is 0 Å².